The summed E-state index contributed by atoms with van der Waals surface area (Å²) >= 11 is 1.70. The van der Waals surface area contributed by atoms with Crippen LogP contribution in [0.15, 0.2) is 4.99 Å². The molecular formula is C15H20N2O2S. The van der Waals surface area contributed by atoms with Crippen LogP contribution in [0, 0.1) is 11.8 Å². The molecule has 0 spiro atoms. The summed E-state index contributed by atoms with van der Waals surface area (Å²) in [5.74, 6) is 0.108. The molecule has 2 saturated carbocycles. The van der Waals surface area contributed by atoms with Crippen molar-refractivity contribution in [1.82, 2.24) is 4.90 Å². The molecule has 0 aromatic carbocycles. The van der Waals surface area contributed by atoms with Crippen LogP contribution in [0.4, 0.5) is 0 Å². The summed E-state index contributed by atoms with van der Waals surface area (Å²) in [6.07, 6.45) is 8.54. The van der Waals surface area contributed by atoms with Gasteiger partial charge in [-0.25, -0.2) is 4.90 Å². The fraction of sp³-hybridized carbons (Fsp3) is 0.800. The van der Waals surface area contributed by atoms with Gasteiger partial charge >= 0.3 is 0 Å². The number of nitrogens with zero attached hydrogens (tertiary/aromatic N) is 2. The maximum Gasteiger partial charge on any atom is 0.240 e. The van der Waals surface area contributed by atoms with E-state index in [1.165, 1.54) is 11.3 Å². The molecule has 2 amide bonds. The van der Waals surface area contributed by atoms with Crippen molar-refractivity contribution in [3.63, 3.8) is 0 Å². The first-order valence-electron chi connectivity index (χ1n) is 7.88. The van der Waals surface area contributed by atoms with Crippen LogP contribution >= 0.6 is 11.8 Å². The minimum atomic E-state index is -0.0304. The van der Waals surface area contributed by atoms with E-state index in [1.54, 1.807) is 11.8 Å². The predicted molar refractivity (Wildman–Crippen MR) is 78.4 cm³/mol. The summed E-state index contributed by atoms with van der Waals surface area (Å²) in [6.45, 7) is 0. The number of fused-ring (bicyclic) bond motifs is 3. The third-order valence-electron chi connectivity index (χ3n) is 5.23. The van der Waals surface area contributed by atoms with Crippen LogP contribution in [0.3, 0.4) is 0 Å². The molecule has 4 nitrogen and oxygen atoms in total. The molecule has 1 saturated heterocycles. The Morgan fingerprint density at radius 2 is 1.55 bits per heavy atom. The van der Waals surface area contributed by atoms with Crippen LogP contribution in [0.5, 0.6) is 0 Å². The first-order chi connectivity index (χ1) is 9.75. The molecule has 4 unspecified atom stereocenters. The lowest BCUT2D eigenvalue weighted by Crippen LogP contribution is -2.57. The largest absolute Gasteiger partial charge is 0.274 e. The van der Waals surface area contributed by atoms with Gasteiger partial charge in [0, 0.05) is 5.25 Å². The van der Waals surface area contributed by atoms with Gasteiger partial charge in [0.2, 0.25) is 11.8 Å². The van der Waals surface area contributed by atoms with E-state index in [0.29, 0.717) is 10.4 Å². The van der Waals surface area contributed by atoms with E-state index in [0.717, 1.165) is 44.9 Å². The average molecular weight is 292 g/mol. The third kappa shape index (κ3) is 1.85. The molecule has 108 valence electrons. The second kappa shape index (κ2) is 4.86. The first-order valence-corrected chi connectivity index (χ1v) is 8.76. The fourth-order valence-corrected chi connectivity index (χ4v) is 5.57. The van der Waals surface area contributed by atoms with Crippen molar-refractivity contribution in [3.8, 4) is 0 Å². The number of hydrogen-bond donors (Lipinski definition) is 0. The predicted octanol–water partition coefficient (Wildman–Crippen LogP) is 2.58. The van der Waals surface area contributed by atoms with Crippen LogP contribution in [0.2, 0.25) is 0 Å². The minimum absolute atomic E-state index is 0.0304. The molecule has 4 atom stereocenters. The van der Waals surface area contributed by atoms with Gasteiger partial charge in [-0.1, -0.05) is 37.4 Å². The smallest absolute Gasteiger partial charge is 0.240 e. The van der Waals surface area contributed by atoms with Crippen LogP contribution in [0.25, 0.3) is 0 Å². The molecule has 0 aromatic heterocycles. The number of amidine groups is 1. The summed E-state index contributed by atoms with van der Waals surface area (Å²) in [6, 6.07) is 0.142. The van der Waals surface area contributed by atoms with Gasteiger partial charge in [-0.2, -0.15) is 0 Å². The lowest BCUT2D eigenvalue weighted by Gasteiger charge is -2.44. The summed E-state index contributed by atoms with van der Waals surface area (Å²) in [4.78, 5) is 31.6. The maximum absolute atomic E-state index is 12.7. The third-order valence-corrected chi connectivity index (χ3v) is 6.60. The number of thioether (sulfide) groups is 1. The second-order valence-electron chi connectivity index (χ2n) is 6.43. The molecule has 0 radical (unpaired) electrons. The van der Waals surface area contributed by atoms with Gasteiger partial charge in [-0.05, 0) is 25.7 Å². The Hall–Kier alpha value is -0.840. The van der Waals surface area contributed by atoms with Crippen LogP contribution in [0.1, 0.15) is 51.4 Å². The Morgan fingerprint density at radius 3 is 2.40 bits per heavy atom. The Kier molecular flexibility index (Phi) is 3.13. The average Bonchev–Trinajstić information content (AvgIpc) is 2.47. The Labute approximate surface area is 123 Å². The van der Waals surface area contributed by atoms with Crippen molar-refractivity contribution in [2.45, 2.75) is 62.7 Å². The second-order valence-corrected chi connectivity index (χ2v) is 7.64. The topological polar surface area (TPSA) is 49.7 Å². The number of amides is 2. The van der Waals surface area contributed by atoms with Crippen molar-refractivity contribution >= 4 is 28.7 Å². The van der Waals surface area contributed by atoms with Gasteiger partial charge in [-0.3, -0.25) is 14.6 Å². The van der Waals surface area contributed by atoms with E-state index in [2.05, 4.69) is 0 Å². The molecule has 0 N–H and O–H groups in total. The highest BCUT2D eigenvalue weighted by Crippen LogP contribution is 2.43. The molecule has 3 fully saturated rings. The number of imide groups is 1. The van der Waals surface area contributed by atoms with Gasteiger partial charge in [0.1, 0.15) is 0 Å². The Bertz CT molecular complexity index is 490. The van der Waals surface area contributed by atoms with E-state index in [1.807, 2.05) is 0 Å². The summed E-state index contributed by atoms with van der Waals surface area (Å²) in [7, 11) is 0. The molecule has 2 aliphatic carbocycles. The van der Waals surface area contributed by atoms with E-state index < -0.39 is 0 Å². The minimum Gasteiger partial charge on any atom is -0.274 e. The summed E-state index contributed by atoms with van der Waals surface area (Å²) < 4.78 is 0. The van der Waals surface area contributed by atoms with Crippen molar-refractivity contribution < 1.29 is 9.59 Å². The van der Waals surface area contributed by atoms with Crippen LogP contribution < -0.4 is 0 Å². The summed E-state index contributed by atoms with van der Waals surface area (Å²) in [5.41, 5.74) is 0. The molecule has 4 rings (SSSR count). The standard InChI is InChI=1S/C15H20N2O2S/c18-13-9-5-1-3-7-11(9)16-15-17(13)14(19)10-6-2-4-8-12(10)20-15/h9-12H,1-8H2. The normalized spacial score (nSPS) is 40.6. The SMILES string of the molecule is O=C1C2CCCCC2N=C2SC3CCCCC3C(=O)N12. The molecule has 2 aliphatic heterocycles. The highest BCUT2D eigenvalue weighted by atomic mass is 32.2. The molecule has 0 aromatic rings. The Balaban J connectivity index is 1.69. The fourth-order valence-electron chi connectivity index (χ4n) is 4.12. The maximum atomic E-state index is 12.7. The van der Waals surface area contributed by atoms with Crippen molar-refractivity contribution in [2.75, 3.05) is 0 Å². The van der Waals surface area contributed by atoms with Gasteiger partial charge < -0.3 is 0 Å². The number of carbonyl (C=O) groups is 2. The van der Waals surface area contributed by atoms with Gasteiger partial charge in [0.05, 0.1) is 17.9 Å². The summed E-state index contributed by atoms with van der Waals surface area (Å²) in [5, 5.41) is 1.07. The van der Waals surface area contributed by atoms with E-state index in [9.17, 15) is 9.59 Å². The lowest BCUT2D eigenvalue weighted by atomic mass is 9.82. The number of rotatable bonds is 0. The molecule has 2 heterocycles. The van der Waals surface area contributed by atoms with Gasteiger partial charge in [-0.15, -0.1) is 0 Å². The highest BCUT2D eigenvalue weighted by molar-refractivity contribution is 8.14. The molecule has 20 heavy (non-hydrogen) atoms. The number of carbonyl (C=O) groups excluding carboxylic acids is 2. The zero-order valence-corrected chi connectivity index (χ0v) is 12.4. The van der Waals surface area contributed by atoms with Crippen LogP contribution in [-0.4, -0.2) is 33.2 Å². The zero-order valence-electron chi connectivity index (χ0n) is 11.6. The lowest BCUT2D eigenvalue weighted by molar-refractivity contribution is -0.146. The Morgan fingerprint density at radius 1 is 0.900 bits per heavy atom. The van der Waals surface area contributed by atoms with Gasteiger partial charge in [0.15, 0.2) is 5.17 Å². The van der Waals surface area contributed by atoms with Gasteiger partial charge in [0.25, 0.3) is 0 Å². The molecule has 0 bridgehead atoms. The molecule has 5 heteroatoms. The number of aliphatic imine (C=N–C) groups is 1. The van der Waals surface area contributed by atoms with E-state index in [4.69, 9.17) is 4.99 Å². The molecular weight excluding hydrogens is 272 g/mol. The van der Waals surface area contributed by atoms with Crippen molar-refractivity contribution in [1.29, 1.82) is 0 Å². The number of hydrogen-bond acceptors (Lipinski definition) is 4. The quantitative estimate of drug-likeness (QED) is 0.645. The monoisotopic (exact) mass is 292 g/mol. The van der Waals surface area contributed by atoms with E-state index >= 15 is 0 Å². The van der Waals surface area contributed by atoms with E-state index in [-0.39, 0.29) is 29.7 Å². The zero-order chi connectivity index (χ0) is 13.7. The molecule has 4 aliphatic rings. The van der Waals surface area contributed by atoms with Crippen molar-refractivity contribution in [2.24, 2.45) is 16.8 Å². The first kappa shape index (κ1) is 12.9. The van der Waals surface area contributed by atoms with Crippen molar-refractivity contribution in [3.05, 3.63) is 0 Å². The highest BCUT2D eigenvalue weighted by Gasteiger charge is 2.49. The van der Waals surface area contributed by atoms with Crippen LogP contribution in [-0.2, 0) is 9.59 Å².